The number of halogens is 6. The van der Waals surface area contributed by atoms with E-state index in [1.807, 2.05) is 0 Å². The van der Waals surface area contributed by atoms with Crippen LogP contribution in [0.2, 0.25) is 5.02 Å². The molecule has 0 saturated carbocycles. The Kier molecular flexibility index (Phi) is 5.47. The van der Waals surface area contributed by atoms with E-state index in [9.17, 15) is 31.5 Å². The lowest BCUT2D eigenvalue weighted by molar-refractivity contribution is -0.139. The van der Waals surface area contributed by atoms with Crippen LogP contribution < -0.4 is 10.6 Å². The van der Waals surface area contributed by atoms with Crippen molar-refractivity contribution >= 4 is 40.0 Å². The monoisotopic (exact) mass is 431 g/mol. The fourth-order valence-electron chi connectivity index (χ4n) is 2.62. The van der Waals surface area contributed by atoms with Crippen molar-refractivity contribution in [1.29, 1.82) is 0 Å². The normalized spacial score (nSPS) is 11.5. The number of aromatic amines is 1. The van der Waals surface area contributed by atoms with Crippen LogP contribution in [0.4, 0.5) is 27.6 Å². The summed E-state index contributed by atoms with van der Waals surface area (Å²) >= 11 is 5.58. The quantitative estimate of drug-likeness (QED) is 0.425. The zero-order valence-electron chi connectivity index (χ0n) is 14.3. The number of amides is 2. The highest BCUT2D eigenvalue weighted by molar-refractivity contribution is 6.40. The van der Waals surface area contributed by atoms with Crippen molar-refractivity contribution in [1.82, 2.24) is 10.3 Å². The number of H-pyrrole nitrogens is 1. The van der Waals surface area contributed by atoms with Gasteiger partial charge in [0.05, 0.1) is 16.8 Å². The van der Waals surface area contributed by atoms with Crippen LogP contribution in [0.1, 0.15) is 11.1 Å². The fourth-order valence-corrected chi connectivity index (χ4v) is 2.79. The van der Waals surface area contributed by atoms with Gasteiger partial charge in [0.25, 0.3) is 0 Å². The van der Waals surface area contributed by atoms with E-state index in [1.54, 1.807) is 0 Å². The van der Waals surface area contributed by atoms with E-state index in [-0.39, 0.29) is 27.2 Å². The first-order valence-electron chi connectivity index (χ1n) is 7.97. The second-order valence-electron chi connectivity index (χ2n) is 5.95. The number of benzene rings is 2. The molecule has 5 nitrogen and oxygen atoms in total. The van der Waals surface area contributed by atoms with Crippen molar-refractivity contribution in [3.63, 3.8) is 0 Å². The van der Waals surface area contributed by atoms with E-state index in [4.69, 9.17) is 11.6 Å². The second-order valence-corrected chi connectivity index (χ2v) is 6.39. The third-order valence-electron chi connectivity index (χ3n) is 3.99. The molecular formula is C18H11ClF5N3O2. The lowest BCUT2D eigenvalue weighted by Crippen LogP contribution is -2.35. The Morgan fingerprint density at radius 2 is 1.72 bits per heavy atom. The van der Waals surface area contributed by atoms with Crippen LogP contribution in [0.5, 0.6) is 0 Å². The van der Waals surface area contributed by atoms with Gasteiger partial charge in [0, 0.05) is 29.2 Å². The summed E-state index contributed by atoms with van der Waals surface area (Å²) in [6.45, 7) is -0.577. The minimum absolute atomic E-state index is 0.00141. The maximum absolute atomic E-state index is 13.4. The van der Waals surface area contributed by atoms with E-state index in [0.717, 1.165) is 18.2 Å². The first-order chi connectivity index (χ1) is 13.6. The molecule has 11 heteroatoms. The number of anilines is 1. The number of aromatic nitrogens is 1. The molecule has 3 aromatic rings. The van der Waals surface area contributed by atoms with E-state index in [0.29, 0.717) is 6.07 Å². The number of hydrogen-bond acceptors (Lipinski definition) is 2. The van der Waals surface area contributed by atoms with Gasteiger partial charge in [-0.05, 0) is 23.8 Å². The molecule has 1 heterocycles. The van der Waals surface area contributed by atoms with Crippen molar-refractivity contribution in [2.75, 3.05) is 5.32 Å². The Morgan fingerprint density at radius 1 is 1.03 bits per heavy atom. The van der Waals surface area contributed by atoms with Crippen molar-refractivity contribution < 1.29 is 31.5 Å². The van der Waals surface area contributed by atoms with Gasteiger partial charge in [0.1, 0.15) is 0 Å². The molecule has 0 atom stereocenters. The topological polar surface area (TPSA) is 74.0 Å². The lowest BCUT2D eigenvalue weighted by Gasteiger charge is -2.13. The summed E-state index contributed by atoms with van der Waals surface area (Å²) in [4.78, 5) is 26.6. The van der Waals surface area contributed by atoms with E-state index in [1.165, 1.54) is 12.3 Å². The van der Waals surface area contributed by atoms with Crippen molar-refractivity contribution in [3.05, 3.63) is 64.3 Å². The maximum atomic E-state index is 13.4. The van der Waals surface area contributed by atoms with E-state index >= 15 is 0 Å². The molecule has 152 valence electrons. The maximum Gasteiger partial charge on any atom is 0.416 e. The van der Waals surface area contributed by atoms with E-state index in [2.05, 4.69) is 15.6 Å². The number of nitrogens with one attached hydrogen (secondary N) is 3. The van der Waals surface area contributed by atoms with Crippen LogP contribution in [-0.2, 0) is 22.3 Å². The molecule has 3 N–H and O–H groups in total. The summed E-state index contributed by atoms with van der Waals surface area (Å²) in [6, 6.07) is 4.72. The first kappa shape index (κ1) is 20.6. The molecule has 2 amide bonds. The van der Waals surface area contributed by atoms with Gasteiger partial charge in [-0.1, -0.05) is 17.7 Å². The molecule has 29 heavy (non-hydrogen) atoms. The zero-order valence-corrected chi connectivity index (χ0v) is 15.0. The summed E-state index contributed by atoms with van der Waals surface area (Å²) in [5.41, 5.74) is -1.15. The molecule has 2 aromatic carbocycles. The van der Waals surface area contributed by atoms with Crippen LogP contribution in [0.15, 0.2) is 36.5 Å². The van der Waals surface area contributed by atoms with Crippen LogP contribution in [0.3, 0.4) is 0 Å². The van der Waals surface area contributed by atoms with Crippen LogP contribution in [0, 0.1) is 11.6 Å². The SMILES string of the molecule is O=C(NCc1ccc(Cl)cc1C(F)(F)F)C(=O)Nc1c[nH]c2cc(F)c(F)cc12. The minimum atomic E-state index is -4.70. The standard InChI is InChI=1S/C18H11ClF5N3O2/c19-9-2-1-8(11(3-9)18(22,23)24)6-26-16(28)17(29)27-15-7-25-14-5-13(21)12(20)4-10(14)15/h1-5,7,25H,6H2,(H,26,28)(H,27,29). The Bertz CT molecular complexity index is 1110. The number of alkyl halides is 3. The van der Waals surface area contributed by atoms with Gasteiger partial charge >= 0.3 is 18.0 Å². The fraction of sp³-hybridized carbons (Fsp3) is 0.111. The van der Waals surface area contributed by atoms with Gasteiger partial charge in [-0.25, -0.2) is 8.78 Å². The van der Waals surface area contributed by atoms with Crippen LogP contribution >= 0.6 is 11.6 Å². The number of hydrogen-bond donors (Lipinski definition) is 3. The third-order valence-corrected chi connectivity index (χ3v) is 4.23. The van der Waals surface area contributed by atoms with Crippen molar-refractivity contribution in [3.8, 4) is 0 Å². The van der Waals surface area contributed by atoms with Crippen LogP contribution in [-0.4, -0.2) is 16.8 Å². The largest absolute Gasteiger partial charge is 0.416 e. The van der Waals surface area contributed by atoms with Crippen LogP contribution in [0.25, 0.3) is 10.9 Å². The summed E-state index contributed by atoms with van der Waals surface area (Å²) in [6.07, 6.45) is -3.48. The molecule has 1 aromatic heterocycles. The van der Waals surface area contributed by atoms with Gasteiger partial charge < -0.3 is 15.6 Å². The highest BCUT2D eigenvalue weighted by Crippen LogP contribution is 2.33. The average molecular weight is 432 g/mol. The molecular weight excluding hydrogens is 421 g/mol. The summed E-state index contributed by atoms with van der Waals surface area (Å²) in [5.74, 6) is -4.67. The molecule has 0 unspecified atom stereocenters. The second kappa shape index (κ2) is 7.70. The highest BCUT2D eigenvalue weighted by Gasteiger charge is 2.33. The molecule has 3 rings (SSSR count). The molecule has 0 aliphatic heterocycles. The van der Waals surface area contributed by atoms with Crippen molar-refractivity contribution in [2.45, 2.75) is 12.7 Å². The molecule has 0 bridgehead atoms. The summed E-state index contributed by atoms with van der Waals surface area (Å²) in [5, 5.41) is 4.24. The lowest BCUT2D eigenvalue weighted by atomic mass is 10.1. The van der Waals surface area contributed by atoms with Gasteiger partial charge in [0.15, 0.2) is 11.6 Å². The Balaban J connectivity index is 1.71. The number of fused-ring (bicyclic) bond motifs is 1. The molecule has 0 aliphatic carbocycles. The smallest absolute Gasteiger partial charge is 0.359 e. The Hall–Kier alpha value is -3.14. The molecule has 0 spiro atoms. The summed E-state index contributed by atoms with van der Waals surface area (Å²) < 4.78 is 65.8. The average Bonchev–Trinajstić information content (AvgIpc) is 3.01. The predicted molar refractivity (Wildman–Crippen MR) is 95.1 cm³/mol. The number of carbonyl (C=O) groups is 2. The minimum Gasteiger partial charge on any atom is -0.359 e. The van der Waals surface area contributed by atoms with Gasteiger partial charge in [-0.3, -0.25) is 9.59 Å². The van der Waals surface area contributed by atoms with Crippen molar-refractivity contribution in [2.24, 2.45) is 0 Å². The predicted octanol–water partition coefficient (Wildman–Crippen LogP) is 4.37. The van der Waals surface area contributed by atoms with E-state index < -0.39 is 41.7 Å². The number of rotatable bonds is 3. The van der Waals surface area contributed by atoms with Gasteiger partial charge in [-0.2, -0.15) is 13.2 Å². The Morgan fingerprint density at radius 3 is 2.41 bits per heavy atom. The zero-order chi connectivity index (χ0) is 21.3. The molecule has 0 saturated heterocycles. The van der Waals surface area contributed by atoms with Gasteiger partial charge in [0.2, 0.25) is 0 Å². The molecule has 0 radical (unpaired) electrons. The first-order valence-corrected chi connectivity index (χ1v) is 8.35. The Labute approximate surface area is 164 Å². The third kappa shape index (κ3) is 4.48. The molecule has 0 aliphatic rings. The highest BCUT2D eigenvalue weighted by atomic mass is 35.5. The van der Waals surface area contributed by atoms with Gasteiger partial charge in [-0.15, -0.1) is 0 Å². The number of carbonyl (C=O) groups excluding carboxylic acids is 2. The summed E-state index contributed by atoms with van der Waals surface area (Å²) in [7, 11) is 0. The molecule has 0 fully saturated rings.